The Morgan fingerprint density at radius 1 is 1.16 bits per heavy atom. The van der Waals surface area contributed by atoms with Crippen LogP contribution in [0, 0.1) is 23.7 Å². The van der Waals surface area contributed by atoms with E-state index in [4.69, 9.17) is 0 Å². The minimum absolute atomic E-state index is 0.0664. The highest BCUT2D eigenvalue weighted by atomic mass is 19.3. The van der Waals surface area contributed by atoms with Crippen LogP contribution in [0.5, 0.6) is 0 Å². The predicted octanol–water partition coefficient (Wildman–Crippen LogP) is 3.64. The van der Waals surface area contributed by atoms with Crippen molar-refractivity contribution < 1.29 is 13.6 Å². The van der Waals surface area contributed by atoms with Gasteiger partial charge in [0.2, 0.25) is 5.91 Å². The van der Waals surface area contributed by atoms with Gasteiger partial charge in [-0.1, -0.05) is 0 Å². The van der Waals surface area contributed by atoms with Gasteiger partial charge in [0, 0.05) is 17.7 Å². The summed E-state index contributed by atoms with van der Waals surface area (Å²) in [5, 5.41) is 7.25. The molecule has 1 aromatic heterocycles. The maximum Gasteiger partial charge on any atom is 0.282 e. The van der Waals surface area contributed by atoms with Gasteiger partial charge in [-0.25, -0.2) is 8.78 Å². The highest BCUT2D eigenvalue weighted by Crippen LogP contribution is 2.53. The van der Waals surface area contributed by atoms with Gasteiger partial charge in [0.25, 0.3) is 6.43 Å². The molecule has 0 unspecified atom stereocenters. The number of amides is 1. The number of carbonyl (C=O) groups is 1. The molecule has 4 nitrogen and oxygen atoms in total. The van der Waals surface area contributed by atoms with Crippen molar-refractivity contribution >= 4 is 5.91 Å². The zero-order valence-corrected chi connectivity index (χ0v) is 14.3. The minimum Gasteiger partial charge on any atom is -0.351 e. The van der Waals surface area contributed by atoms with Crippen LogP contribution in [0.25, 0.3) is 0 Å². The highest BCUT2D eigenvalue weighted by Gasteiger charge is 2.48. The molecule has 0 atom stereocenters. The Kier molecular flexibility index (Phi) is 3.64. The zero-order valence-electron chi connectivity index (χ0n) is 14.3. The Morgan fingerprint density at radius 2 is 1.80 bits per heavy atom. The molecule has 5 aliphatic carbocycles. The predicted molar refractivity (Wildman–Crippen MR) is 88.1 cm³/mol. The average Bonchev–Trinajstić information content (AvgIpc) is 3.31. The molecule has 1 N–H and O–H groups in total. The van der Waals surface area contributed by atoms with Crippen LogP contribution in [0.2, 0.25) is 0 Å². The summed E-state index contributed by atoms with van der Waals surface area (Å²) in [6, 6.07) is 1.77. The largest absolute Gasteiger partial charge is 0.351 e. The fourth-order valence-corrected chi connectivity index (χ4v) is 5.92. The van der Waals surface area contributed by atoms with Crippen molar-refractivity contribution in [2.75, 3.05) is 0 Å². The fraction of sp³-hybridized carbons (Fsp3) is 0.789. The fourth-order valence-electron chi connectivity index (χ4n) is 5.92. The number of aromatic nitrogens is 2. The van der Waals surface area contributed by atoms with Crippen LogP contribution in [0.1, 0.15) is 68.7 Å². The molecule has 25 heavy (non-hydrogen) atoms. The Hall–Kier alpha value is -1.46. The first-order valence-electron chi connectivity index (χ1n) is 9.72. The third-order valence-corrected chi connectivity index (χ3v) is 6.90. The number of nitrogens with one attached hydrogen (secondary N) is 1. The van der Waals surface area contributed by atoms with Gasteiger partial charge in [-0.3, -0.25) is 9.48 Å². The maximum absolute atomic E-state index is 13.0. The molecule has 1 heterocycles. The van der Waals surface area contributed by atoms with Gasteiger partial charge in [-0.15, -0.1) is 0 Å². The van der Waals surface area contributed by atoms with Crippen molar-refractivity contribution in [2.24, 2.45) is 23.7 Å². The molecular formula is C19H25F2N3O. The maximum atomic E-state index is 13.0. The van der Waals surface area contributed by atoms with Crippen LogP contribution in [0.4, 0.5) is 8.78 Å². The quantitative estimate of drug-likeness (QED) is 0.882. The third kappa shape index (κ3) is 2.87. The molecule has 4 bridgehead atoms. The van der Waals surface area contributed by atoms with Crippen LogP contribution in [-0.4, -0.2) is 21.7 Å². The first-order chi connectivity index (χ1) is 12.1. The second-order valence-electron chi connectivity index (χ2n) is 8.75. The lowest BCUT2D eigenvalue weighted by Gasteiger charge is -2.54. The van der Waals surface area contributed by atoms with Crippen molar-refractivity contribution in [3.8, 4) is 0 Å². The Bertz CT molecular complexity index is 654. The van der Waals surface area contributed by atoms with Crippen LogP contribution >= 0.6 is 0 Å². The topological polar surface area (TPSA) is 46.9 Å². The number of carbonyl (C=O) groups excluding carboxylic acids is 1. The SMILES string of the molecule is O=C(Cn1nc(C(F)F)cc1C1CC1)NC1C2CC3CC(C2)CC1C3. The van der Waals surface area contributed by atoms with E-state index in [1.165, 1.54) is 42.9 Å². The van der Waals surface area contributed by atoms with Crippen LogP contribution in [0.3, 0.4) is 0 Å². The zero-order chi connectivity index (χ0) is 17.1. The molecule has 0 aliphatic heterocycles. The Morgan fingerprint density at radius 3 is 2.36 bits per heavy atom. The molecule has 5 saturated carbocycles. The molecule has 136 valence electrons. The first-order valence-corrected chi connectivity index (χ1v) is 9.72. The van der Waals surface area contributed by atoms with Gasteiger partial charge in [0.05, 0.1) is 0 Å². The average molecular weight is 349 g/mol. The van der Waals surface area contributed by atoms with E-state index in [9.17, 15) is 13.6 Å². The second kappa shape index (κ2) is 5.78. The summed E-state index contributed by atoms with van der Waals surface area (Å²) in [6.45, 7) is 0.0708. The normalized spacial score (nSPS) is 36.2. The van der Waals surface area contributed by atoms with Crippen LogP contribution in [0.15, 0.2) is 6.07 Å². The molecule has 1 amide bonds. The van der Waals surface area contributed by atoms with Gasteiger partial charge in [-0.2, -0.15) is 5.10 Å². The van der Waals surface area contributed by atoms with E-state index in [1.807, 2.05) is 0 Å². The van der Waals surface area contributed by atoms with E-state index in [0.29, 0.717) is 17.8 Å². The van der Waals surface area contributed by atoms with E-state index in [0.717, 1.165) is 30.4 Å². The number of nitrogens with zero attached hydrogens (tertiary/aromatic N) is 2. The lowest BCUT2D eigenvalue weighted by Crippen LogP contribution is -2.56. The Labute approximate surface area is 146 Å². The molecule has 5 aliphatic rings. The molecule has 0 spiro atoms. The van der Waals surface area contributed by atoms with E-state index >= 15 is 0 Å². The van der Waals surface area contributed by atoms with Gasteiger partial charge in [-0.05, 0) is 74.7 Å². The Balaban J connectivity index is 1.28. The summed E-state index contributed by atoms with van der Waals surface area (Å²) in [5.74, 6) is 3.22. The first kappa shape index (κ1) is 15.8. The molecule has 6 heteroatoms. The van der Waals surface area contributed by atoms with Crippen LogP contribution in [-0.2, 0) is 11.3 Å². The number of rotatable bonds is 5. The summed E-state index contributed by atoms with van der Waals surface area (Å²) in [5.41, 5.74) is 0.597. The lowest BCUT2D eigenvalue weighted by atomic mass is 9.54. The van der Waals surface area contributed by atoms with Crippen molar-refractivity contribution in [2.45, 2.75) is 69.9 Å². The van der Waals surface area contributed by atoms with Crippen LogP contribution < -0.4 is 5.32 Å². The molecule has 5 fully saturated rings. The molecule has 6 rings (SSSR count). The van der Waals surface area contributed by atoms with Crippen molar-refractivity contribution in [3.63, 3.8) is 0 Å². The number of halogens is 2. The molecule has 0 aromatic carbocycles. The number of alkyl halides is 2. The molecule has 1 aromatic rings. The van der Waals surface area contributed by atoms with E-state index in [2.05, 4.69) is 10.4 Å². The smallest absolute Gasteiger partial charge is 0.282 e. The third-order valence-electron chi connectivity index (χ3n) is 6.90. The summed E-state index contributed by atoms with van der Waals surface area (Å²) in [7, 11) is 0. The van der Waals surface area contributed by atoms with Gasteiger partial charge >= 0.3 is 0 Å². The molecule has 0 radical (unpaired) electrons. The summed E-state index contributed by atoms with van der Waals surface area (Å²) >= 11 is 0. The summed E-state index contributed by atoms with van der Waals surface area (Å²) < 4.78 is 27.5. The van der Waals surface area contributed by atoms with Gasteiger partial charge in [0.15, 0.2) is 0 Å². The second-order valence-corrected chi connectivity index (χ2v) is 8.75. The minimum atomic E-state index is -2.58. The summed E-state index contributed by atoms with van der Waals surface area (Å²) in [4.78, 5) is 12.6. The monoisotopic (exact) mass is 349 g/mol. The van der Waals surface area contributed by atoms with E-state index in [1.54, 1.807) is 0 Å². The van der Waals surface area contributed by atoms with Gasteiger partial charge in [0.1, 0.15) is 12.2 Å². The molecule has 0 saturated heterocycles. The van der Waals surface area contributed by atoms with Crippen molar-refractivity contribution in [1.82, 2.24) is 15.1 Å². The number of hydrogen-bond donors (Lipinski definition) is 1. The number of hydrogen-bond acceptors (Lipinski definition) is 2. The van der Waals surface area contributed by atoms with Gasteiger partial charge < -0.3 is 5.32 Å². The standard InChI is InChI=1S/C19H25F2N3O/c20-19(21)15-8-16(12-1-2-12)24(23-15)9-17(25)22-18-13-4-10-3-11(6-13)7-14(18)5-10/h8,10-14,18-19H,1-7,9H2,(H,22,25). The van der Waals surface area contributed by atoms with E-state index < -0.39 is 6.43 Å². The lowest BCUT2D eigenvalue weighted by molar-refractivity contribution is -0.125. The van der Waals surface area contributed by atoms with E-state index in [-0.39, 0.29) is 24.2 Å². The van der Waals surface area contributed by atoms with Crippen molar-refractivity contribution in [1.29, 1.82) is 0 Å². The summed E-state index contributed by atoms with van der Waals surface area (Å²) in [6.07, 6.45) is 5.83. The highest BCUT2D eigenvalue weighted by molar-refractivity contribution is 5.76. The molecular weight excluding hydrogens is 324 g/mol. The van der Waals surface area contributed by atoms with Crippen molar-refractivity contribution in [3.05, 3.63) is 17.5 Å².